The molecule has 0 aromatic heterocycles. The second-order valence-corrected chi connectivity index (χ2v) is 4.54. The Balaban J connectivity index is 2.63. The monoisotopic (exact) mass is 192 g/mol. The quantitative estimate of drug-likeness (QED) is 0.631. The molecule has 72 valence electrons. The molecule has 0 saturated carbocycles. The fourth-order valence-electron chi connectivity index (χ4n) is 1.56. The van der Waals surface area contributed by atoms with E-state index in [4.69, 9.17) is 4.74 Å². The highest BCUT2D eigenvalue weighted by Gasteiger charge is 2.39. The molecule has 1 aliphatic heterocycles. The summed E-state index contributed by atoms with van der Waals surface area (Å²) in [4.78, 5) is 0. The number of hydrogen-bond donors (Lipinski definition) is 0. The zero-order valence-corrected chi connectivity index (χ0v) is 8.90. The summed E-state index contributed by atoms with van der Waals surface area (Å²) in [6.45, 7) is 6.05. The Morgan fingerprint density at radius 1 is 1.17 bits per heavy atom. The van der Waals surface area contributed by atoms with E-state index < -0.39 is 6.17 Å². The lowest BCUT2D eigenvalue weighted by molar-refractivity contribution is -0.0980. The van der Waals surface area contributed by atoms with Gasteiger partial charge in [0, 0.05) is 0 Å². The second kappa shape index (κ2) is 3.97. The molecular weight excluding hydrogens is 175 g/mol. The Kier molecular flexibility index (Phi) is 3.41. The summed E-state index contributed by atoms with van der Waals surface area (Å²) in [5, 5.41) is 0. The number of ether oxygens (including phenoxy) is 1. The van der Waals surface area contributed by atoms with E-state index >= 15 is 0 Å². The summed E-state index contributed by atoms with van der Waals surface area (Å²) in [6.07, 6.45) is 1.27. The van der Waals surface area contributed by atoms with Crippen LogP contribution in [0.25, 0.3) is 0 Å². The maximum absolute atomic E-state index is 13.5. The van der Waals surface area contributed by atoms with Gasteiger partial charge in [-0.15, -0.1) is 11.8 Å². The third-order valence-electron chi connectivity index (χ3n) is 2.91. The number of halogens is 1. The average molecular weight is 192 g/mol. The van der Waals surface area contributed by atoms with E-state index in [1.165, 1.54) is 11.8 Å². The van der Waals surface area contributed by atoms with Crippen molar-refractivity contribution in [1.29, 1.82) is 0 Å². The smallest absolute Gasteiger partial charge is 0.138 e. The van der Waals surface area contributed by atoms with E-state index in [2.05, 4.69) is 6.92 Å². The average Bonchev–Trinajstić information content (AvgIpc) is 2.08. The van der Waals surface area contributed by atoms with Crippen molar-refractivity contribution in [3.8, 4) is 0 Å². The van der Waals surface area contributed by atoms with E-state index in [1.54, 1.807) is 0 Å². The van der Waals surface area contributed by atoms with E-state index in [-0.39, 0.29) is 17.5 Å². The highest BCUT2D eigenvalue weighted by Crippen LogP contribution is 2.35. The van der Waals surface area contributed by atoms with E-state index in [9.17, 15) is 4.39 Å². The fraction of sp³-hybridized carbons (Fsp3) is 1.00. The molecule has 0 aromatic rings. The minimum absolute atomic E-state index is 0.117. The molecular formula is C9H17FOS. The maximum atomic E-state index is 13.5. The minimum Gasteiger partial charge on any atom is -0.361 e. The second-order valence-electron chi connectivity index (χ2n) is 3.61. The van der Waals surface area contributed by atoms with Crippen LogP contribution < -0.4 is 0 Å². The molecule has 0 bridgehead atoms. The van der Waals surface area contributed by atoms with Gasteiger partial charge in [0.25, 0.3) is 0 Å². The Morgan fingerprint density at radius 3 is 2.25 bits per heavy atom. The minimum atomic E-state index is -0.814. The van der Waals surface area contributed by atoms with Gasteiger partial charge in [0.05, 0.1) is 6.10 Å². The SMILES string of the molecule is CS[C@H]1OC(C)[C@@H](C)C(C)C1F. The summed E-state index contributed by atoms with van der Waals surface area (Å²) in [7, 11) is 0. The summed E-state index contributed by atoms with van der Waals surface area (Å²) in [5.41, 5.74) is -0.258. The molecule has 3 unspecified atom stereocenters. The van der Waals surface area contributed by atoms with Crippen molar-refractivity contribution in [3.63, 3.8) is 0 Å². The van der Waals surface area contributed by atoms with Gasteiger partial charge in [-0.2, -0.15) is 0 Å². The molecule has 1 fully saturated rings. The van der Waals surface area contributed by atoms with Gasteiger partial charge in [-0.25, -0.2) is 4.39 Å². The van der Waals surface area contributed by atoms with Crippen LogP contribution >= 0.6 is 11.8 Å². The molecule has 5 atom stereocenters. The Labute approximate surface area is 78.1 Å². The van der Waals surface area contributed by atoms with Crippen LogP contribution in [0.3, 0.4) is 0 Å². The Hall–Kier alpha value is 0.240. The van der Waals surface area contributed by atoms with E-state index in [1.807, 2.05) is 20.1 Å². The van der Waals surface area contributed by atoms with Crippen LogP contribution in [0.4, 0.5) is 4.39 Å². The first-order chi connectivity index (χ1) is 5.57. The van der Waals surface area contributed by atoms with Crippen LogP contribution in [0.2, 0.25) is 0 Å². The van der Waals surface area contributed by atoms with Crippen molar-refractivity contribution in [2.45, 2.75) is 38.5 Å². The summed E-state index contributed by atoms with van der Waals surface area (Å²) in [6, 6.07) is 0. The van der Waals surface area contributed by atoms with Gasteiger partial charge in [-0.1, -0.05) is 13.8 Å². The topological polar surface area (TPSA) is 9.23 Å². The lowest BCUT2D eigenvalue weighted by atomic mass is 9.86. The summed E-state index contributed by atoms with van der Waals surface area (Å²) < 4.78 is 19.0. The third kappa shape index (κ3) is 1.77. The molecule has 0 radical (unpaired) electrons. The molecule has 1 aliphatic rings. The van der Waals surface area contributed by atoms with Crippen molar-refractivity contribution >= 4 is 11.8 Å². The number of alkyl halides is 1. The molecule has 1 rings (SSSR count). The zero-order chi connectivity index (χ0) is 9.30. The van der Waals surface area contributed by atoms with Crippen molar-refractivity contribution in [3.05, 3.63) is 0 Å². The normalized spacial score (nSPS) is 49.2. The molecule has 1 nitrogen and oxygen atoms in total. The first-order valence-electron chi connectivity index (χ1n) is 4.40. The number of hydrogen-bond acceptors (Lipinski definition) is 2. The third-order valence-corrected chi connectivity index (χ3v) is 3.75. The maximum Gasteiger partial charge on any atom is 0.138 e. The molecule has 0 N–H and O–H groups in total. The van der Waals surface area contributed by atoms with Gasteiger partial charge in [0.1, 0.15) is 11.6 Å². The van der Waals surface area contributed by atoms with Crippen LogP contribution in [-0.2, 0) is 4.74 Å². The van der Waals surface area contributed by atoms with E-state index in [0.717, 1.165) is 0 Å². The van der Waals surface area contributed by atoms with Crippen LogP contribution in [0.15, 0.2) is 0 Å². The molecule has 1 saturated heterocycles. The van der Waals surface area contributed by atoms with Gasteiger partial charge in [-0.3, -0.25) is 0 Å². The molecule has 1 heterocycles. The van der Waals surface area contributed by atoms with Gasteiger partial charge < -0.3 is 4.74 Å². The lowest BCUT2D eigenvalue weighted by Crippen LogP contribution is -2.44. The lowest BCUT2D eigenvalue weighted by Gasteiger charge is -2.39. The molecule has 3 heteroatoms. The first kappa shape index (κ1) is 10.3. The van der Waals surface area contributed by atoms with Crippen molar-refractivity contribution < 1.29 is 9.13 Å². The molecule has 0 aliphatic carbocycles. The van der Waals surface area contributed by atoms with Crippen LogP contribution in [-0.4, -0.2) is 24.0 Å². The first-order valence-corrected chi connectivity index (χ1v) is 5.69. The predicted molar refractivity (Wildman–Crippen MR) is 51.1 cm³/mol. The highest BCUT2D eigenvalue weighted by molar-refractivity contribution is 7.99. The molecule has 12 heavy (non-hydrogen) atoms. The molecule has 0 amide bonds. The van der Waals surface area contributed by atoms with E-state index in [0.29, 0.717) is 5.92 Å². The largest absolute Gasteiger partial charge is 0.361 e. The summed E-state index contributed by atoms with van der Waals surface area (Å²) >= 11 is 1.47. The molecule has 0 spiro atoms. The Bertz CT molecular complexity index is 149. The standard InChI is InChI=1S/C9H17FOS/c1-5-6(2)8(10)9(12-4)11-7(5)3/h5-9H,1-4H3/t5-,6?,7?,8?,9+/m0/s1. The van der Waals surface area contributed by atoms with Gasteiger partial charge in [0.15, 0.2) is 0 Å². The van der Waals surface area contributed by atoms with Crippen LogP contribution in [0, 0.1) is 11.8 Å². The van der Waals surface area contributed by atoms with Crippen LogP contribution in [0.5, 0.6) is 0 Å². The highest BCUT2D eigenvalue weighted by atomic mass is 32.2. The summed E-state index contributed by atoms with van der Waals surface area (Å²) in [5.74, 6) is 0.439. The van der Waals surface area contributed by atoms with Crippen molar-refractivity contribution in [2.75, 3.05) is 6.26 Å². The fourth-order valence-corrected chi connectivity index (χ4v) is 2.36. The number of rotatable bonds is 1. The number of thioether (sulfide) groups is 1. The van der Waals surface area contributed by atoms with Crippen molar-refractivity contribution in [1.82, 2.24) is 0 Å². The molecule has 0 aromatic carbocycles. The van der Waals surface area contributed by atoms with Gasteiger partial charge in [0.2, 0.25) is 0 Å². The Morgan fingerprint density at radius 2 is 1.75 bits per heavy atom. The van der Waals surface area contributed by atoms with Gasteiger partial charge in [-0.05, 0) is 25.0 Å². The zero-order valence-electron chi connectivity index (χ0n) is 8.08. The van der Waals surface area contributed by atoms with Crippen LogP contribution in [0.1, 0.15) is 20.8 Å². The van der Waals surface area contributed by atoms with Crippen molar-refractivity contribution in [2.24, 2.45) is 11.8 Å². The predicted octanol–water partition coefficient (Wildman–Crippen LogP) is 2.70. The van der Waals surface area contributed by atoms with Gasteiger partial charge >= 0.3 is 0 Å².